The minimum Gasteiger partial charge on any atom is -0.462 e. The maximum absolute atomic E-state index is 13.4. The quantitative estimate of drug-likeness (QED) is 0.0583. The summed E-state index contributed by atoms with van der Waals surface area (Å²) in [5, 5.41) is 6.07. The Labute approximate surface area is 291 Å². The van der Waals surface area contributed by atoms with Gasteiger partial charge in [0.2, 0.25) is 5.91 Å². The molecule has 0 aromatic rings. The van der Waals surface area contributed by atoms with Crippen molar-refractivity contribution < 1.29 is 19.1 Å². The van der Waals surface area contributed by atoms with E-state index in [1.54, 1.807) is 0 Å². The number of aldehydes is 1. The van der Waals surface area contributed by atoms with Crippen LogP contribution < -0.4 is 16.4 Å². The van der Waals surface area contributed by atoms with Crippen molar-refractivity contribution in [3.63, 3.8) is 0 Å². The summed E-state index contributed by atoms with van der Waals surface area (Å²) in [5.41, 5.74) is 7.76. The lowest BCUT2D eigenvalue weighted by molar-refractivity contribution is -0.156. The van der Waals surface area contributed by atoms with Crippen molar-refractivity contribution in [2.45, 2.75) is 137 Å². The summed E-state index contributed by atoms with van der Waals surface area (Å²) in [6.07, 6.45) is 17.2. The number of carbonyl (C=O) groups is 3. The third-order valence-electron chi connectivity index (χ3n) is 14.1. The van der Waals surface area contributed by atoms with Gasteiger partial charge in [-0.05, 0) is 91.3 Å². The van der Waals surface area contributed by atoms with Crippen molar-refractivity contribution in [2.24, 2.45) is 58.0 Å². The van der Waals surface area contributed by atoms with Crippen LogP contribution in [0.15, 0.2) is 11.6 Å². The van der Waals surface area contributed by atoms with Crippen molar-refractivity contribution >= 4 is 18.2 Å². The highest BCUT2D eigenvalue weighted by atomic mass is 16.5. The number of nitrogens with two attached hydrogens (primary N) is 1. The molecule has 48 heavy (non-hydrogen) atoms. The summed E-state index contributed by atoms with van der Waals surface area (Å²) in [6, 6.07) is -0.620. The van der Waals surface area contributed by atoms with Crippen LogP contribution in [0, 0.1) is 52.3 Å². The highest BCUT2D eigenvalue weighted by Crippen LogP contribution is 2.67. The van der Waals surface area contributed by atoms with Crippen molar-refractivity contribution in [3.05, 3.63) is 11.6 Å². The van der Waals surface area contributed by atoms with Crippen LogP contribution >= 0.6 is 0 Å². The molecule has 0 aromatic carbocycles. The van der Waals surface area contributed by atoms with E-state index < -0.39 is 6.04 Å². The number of fused-ring (bicyclic) bond motifs is 5. The fourth-order valence-electron chi connectivity index (χ4n) is 11.3. The minimum absolute atomic E-state index is 0.0724. The smallest absolute Gasteiger partial charge is 0.310 e. The predicted molar refractivity (Wildman–Crippen MR) is 192 cm³/mol. The highest BCUT2D eigenvalue weighted by molar-refractivity contribution is 5.85. The molecule has 3 saturated carbocycles. The number of rotatable bonds is 17. The monoisotopic (exact) mass is 669 g/mol. The van der Waals surface area contributed by atoms with Gasteiger partial charge in [-0.15, -0.1) is 0 Å². The largest absolute Gasteiger partial charge is 0.462 e. The van der Waals surface area contributed by atoms with E-state index in [0.29, 0.717) is 38.1 Å². The standard InChI is InChI=1S/C40H68N4O4/c1-26(2)8-7-9-27(3)32-12-13-33-31-11-10-29-24-30(14-17-39(29,5)34(31)15-18-40(32,33)6)48-38(47)28(4)36-25-44(36)35(16-23-45)37(46)43-22-21-42-20-19-41/h10,23,26-28,30-36,42H,7-9,11-22,24-25,41H2,1-6H3,(H,43,46)/t27-,28?,30+,31?,32?,33?,34?,35?,36?,39+,40-,44?/m1/s1. The molecule has 4 fully saturated rings. The molecule has 8 nitrogen and oxygen atoms in total. The lowest BCUT2D eigenvalue weighted by Crippen LogP contribution is -2.51. The van der Waals surface area contributed by atoms with Crippen LogP contribution in [-0.2, 0) is 19.1 Å². The topological polar surface area (TPSA) is 114 Å². The summed E-state index contributed by atoms with van der Waals surface area (Å²) in [5.74, 6) is 4.23. The first-order chi connectivity index (χ1) is 22.9. The molecule has 1 saturated heterocycles. The van der Waals surface area contributed by atoms with Crippen molar-refractivity contribution in [1.82, 2.24) is 15.5 Å². The fraction of sp³-hybridized carbons (Fsp3) is 0.875. The Morgan fingerprint density at radius 3 is 2.56 bits per heavy atom. The van der Waals surface area contributed by atoms with Gasteiger partial charge in [-0.1, -0.05) is 72.5 Å². The maximum atomic E-state index is 13.4. The third-order valence-corrected chi connectivity index (χ3v) is 14.1. The Morgan fingerprint density at radius 2 is 1.83 bits per heavy atom. The van der Waals surface area contributed by atoms with Gasteiger partial charge in [0.15, 0.2) is 0 Å². The second-order valence-electron chi connectivity index (χ2n) is 17.4. The van der Waals surface area contributed by atoms with Crippen molar-refractivity contribution in [1.29, 1.82) is 0 Å². The molecule has 0 radical (unpaired) electrons. The van der Waals surface area contributed by atoms with E-state index >= 15 is 0 Å². The van der Waals surface area contributed by atoms with Gasteiger partial charge in [-0.3, -0.25) is 14.5 Å². The van der Waals surface area contributed by atoms with E-state index in [1.807, 2.05) is 11.8 Å². The zero-order valence-electron chi connectivity index (χ0n) is 31.1. The second kappa shape index (κ2) is 16.1. The second-order valence-corrected chi connectivity index (χ2v) is 17.4. The normalized spacial score (nSPS) is 37.3. The summed E-state index contributed by atoms with van der Waals surface area (Å²) in [4.78, 5) is 39.7. The van der Waals surface area contributed by atoms with Gasteiger partial charge in [-0.2, -0.15) is 0 Å². The number of hydrogen-bond acceptors (Lipinski definition) is 7. The molecule has 5 aliphatic rings. The van der Waals surface area contributed by atoms with E-state index in [1.165, 1.54) is 56.9 Å². The zero-order valence-corrected chi connectivity index (χ0v) is 31.1. The van der Waals surface area contributed by atoms with Crippen LogP contribution in [0.4, 0.5) is 0 Å². The van der Waals surface area contributed by atoms with E-state index in [-0.39, 0.29) is 41.8 Å². The molecule has 0 bridgehead atoms. The van der Waals surface area contributed by atoms with E-state index in [9.17, 15) is 14.4 Å². The van der Waals surface area contributed by atoms with E-state index in [0.717, 1.165) is 61.1 Å². The van der Waals surface area contributed by atoms with Crippen LogP contribution in [0.5, 0.6) is 0 Å². The first-order valence-corrected chi connectivity index (χ1v) is 19.7. The van der Waals surface area contributed by atoms with Crippen molar-refractivity contribution in [3.8, 4) is 0 Å². The van der Waals surface area contributed by atoms with Crippen LogP contribution in [-0.4, -0.2) is 74.0 Å². The summed E-state index contributed by atoms with van der Waals surface area (Å²) in [6.45, 7) is 17.3. The van der Waals surface area contributed by atoms with Crippen LogP contribution in [0.1, 0.15) is 119 Å². The fourth-order valence-corrected chi connectivity index (χ4v) is 11.3. The predicted octanol–water partition coefficient (Wildman–Crippen LogP) is 5.88. The molecule has 4 N–H and O–H groups in total. The number of carbonyl (C=O) groups excluding carboxylic acids is 3. The van der Waals surface area contributed by atoms with Gasteiger partial charge in [-0.25, -0.2) is 0 Å². The lowest BCUT2D eigenvalue weighted by Gasteiger charge is -2.58. The number of allylic oxidation sites excluding steroid dienone is 1. The Bertz CT molecular complexity index is 1160. The SMILES string of the molecule is CC(C)CCC[C@@H](C)C1CCC2C3CC=C4C[C@@H](OC(=O)C(C)C5CN5C(CC=O)C(=O)NCCNCCN)CC[C@]4(C)C3CC[C@@]21C. The van der Waals surface area contributed by atoms with Crippen LogP contribution in [0.3, 0.4) is 0 Å². The molecular weight excluding hydrogens is 600 g/mol. The van der Waals surface area contributed by atoms with Crippen LogP contribution in [0.2, 0.25) is 0 Å². The number of amides is 1. The number of nitrogens with one attached hydrogen (secondary N) is 2. The average molecular weight is 669 g/mol. The van der Waals surface area contributed by atoms with Gasteiger partial charge < -0.3 is 25.9 Å². The molecule has 4 aliphatic carbocycles. The minimum atomic E-state index is -0.548. The number of esters is 1. The number of ether oxygens (including phenoxy) is 1. The van der Waals surface area contributed by atoms with E-state index in [4.69, 9.17) is 10.5 Å². The molecule has 0 spiro atoms. The first kappa shape index (κ1) is 37.5. The van der Waals surface area contributed by atoms with Crippen LogP contribution in [0.25, 0.3) is 0 Å². The summed E-state index contributed by atoms with van der Waals surface area (Å²) < 4.78 is 6.21. The van der Waals surface area contributed by atoms with Gasteiger partial charge in [0.1, 0.15) is 12.4 Å². The van der Waals surface area contributed by atoms with Gasteiger partial charge in [0, 0.05) is 51.6 Å². The Morgan fingerprint density at radius 1 is 1.04 bits per heavy atom. The molecule has 1 amide bonds. The third kappa shape index (κ3) is 7.91. The molecular formula is C40H68N4O4. The lowest BCUT2D eigenvalue weighted by atomic mass is 9.47. The Kier molecular flexibility index (Phi) is 12.5. The van der Waals surface area contributed by atoms with Gasteiger partial charge in [0.25, 0.3) is 0 Å². The molecule has 0 aromatic heterocycles. The molecule has 8 heteroatoms. The van der Waals surface area contributed by atoms with Crippen molar-refractivity contribution in [2.75, 3.05) is 32.7 Å². The van der Waals surface area contributed by atoms with Gasteiger partial charge in [0.05, 0.1) is 12.0 Å². The first-order valence-electron chi connectivity index (χ1n) is 19.7. The molecule has 12 atom stereocenters. The Hall–Kier alpha value is -1.77. The van der Waals surface area contributed by atoms with E-state index in [2.05, 4.69) is 51.3 Å². The maximum Gasteiger partial charge on any atom is 0.310 e. The molecule has 272 valence electrons. The molecule has 8 unspecified atom stereocenters. The molecule has 1 heterocycles. The number of hydrogen-bond donors (Lipinski definition) is 3. The number of nitrogens with zero attached hydrogens (tertiary/aromatic N) is 1. The average Bonchev–Trinajstić information content (AvgIpc) is 3.75. The molecule has 5 rings (SSSR count). The van der Waals surface area contributed by atoms with Gasteiger partial charge >= 0.3 is 5.97 Å². The highest BCUT2D eigenvalue weighted by Gasteiger charge is 2.59. The summed E-state index contributed by atoms with van der Waals surface area (Å²) >= 11 is 0. The summed E-state index contributed by atoms with van der Waals surface area (Å²) in [7, 11) is 0. The zero-order chi connectivity index (χ0) is 34.6. The molecule has 1 aliphatic heterocycles. The Balaban J connectivity index is 1.13.